The first kappa shape index (κ1) is 21.4. The lowest BCUT2D eigenvalue weighted by Gasteiger charge is -2.08. The van der Waals surface area contributed by atoms with Gasteiger partial charge < -0.3 is 0 Å². The van der Waals surface area contributed by atoms with Gasteiger partial charge in [0.05, 0.1) is 17.0 Å². The first-order chi connectivity index (χ1) is 13.5. The largest absolute Gasteiger partial charge is 0.501 e. The van der Waals surface area contributed by atoms with Crippen molar-refractivity contribution >= 4 is 38.2 Å². The topological polar surface area (TPSA) is 76.5 Å². The molecule has 0 bridgehead atoms. The average Bonchev–Trinajstić information content (AvgIpc) is 3.20. The molecule has 1 aromatic heterocycles. The molecular formula is C19H17F3N2O3S2. The molecule has 0 saturated carbocycles. The number of thiazole rings is 1. The number of sulfone groups is 1. The van der Waals surface area contributed by atoms with Crippen LogP contribution >= 0.6 is 11.3 Å². The number of Topliss-reactive ketones (excluding diaryl/α,β-unsaturated/α-hetero) is 1. The van der Waals surface area contributed by atoms with Crippen molar-refractivity contribution in [2.45, 2.75) is 43.5 Å². The fourth-order valence-electron chi connectivity index (χ4n) is 2.96. The van der Waals surface area contributed by atoms with Crippen LogP contribution in [0.4, 0.5) is 13.2 Å². The van der Waals surface area contributed by atoms with Gasteiger partial charge in [0.15, 0.2) is 0 Å². The molecule has 1 aliphatic rings. The lowest BCUT2D eigenvalue weighted by Crippen LogP contribution is -2.23. The third-order valence-corrected chi connectivity index (χ3v) is 6.73. The minimum atomic E-state index is -5.39. The van der Waals surface area contributed by atoms with E-state index in [1.165, 1.54) is 23.5 Å². The van der Waals surface area contributed by atoms with Gasteiger partial charge in [-0.3, -0.25) is 9.79 Å². The first-order valence-electron chi connectivity index (χ1n) is 8.58. The molecule has 3 rings (SSSR count). The van der Waals surface area contributed by atoms with E-state index in [0.717, 1.165) is 41.2 Å². The third kappa shape index (κ3) is 4.64. The molecule has 0 radical (unpaired) electrons. The van der Waals surface area contributed by atoms with E-state index >= 15 is 0 Å². The second-order valence-electron chi connectivity index (χ2n) is 6.70. The van der Waals surface area contributed by atoms with E-state index in [9.17, 15) is 26.4 Å². The van der Waals surface area contributed by atoms with Crippen LogP contribution in [0.2, 0.25) is 0 Å². The molecule has 5 nitrogen and oxygen atoms in total. The minimum Gasteiger partial charge on any atom is -0.299 e. The Balaban J connectivity index is 1.64. The van der Waals surface area contributed by atoms with Crippen molar-refractivity contribution in [3.05, 3.63) is 51.6 Å². The summed E-state index contributed by atoms with van der Waals surface area (Å²) in [7, 11) is -5.39. The fraction of sp³-hybridized carbons (Fsp3) is 0.316. The lowest BCUT2D eigenvalue weighted by atomic mass is 10.1. The van der Waals surface area contributed by atoms with E-state index in [0.29, 0.717) is 10.6 Å². The number of hydrogen-bond donors (Lipinski definition) is 0. The van der Waals surface area contributed by atoms with E-state index in [-0.39, 0.29) is 18.6 Å². The highest BCUT2D eigenvalue weighted by molar-refractivity contribution is 7.92. The standard InChI is InChI=1S/C19H17F3N2O3S2/c1-11-7-16(12(2)23-11)17-10-28-18(24-17)9-14(25)8-13-3-5-15(6-4-13)29(26,27)19(20,21)22/h3-6,10H,7-9H2,1-2H3. The zero-order valence-electron chi connectivity index (χ0n) is 15.6. The molecule has 29 heavy (non-hydrogen) atoms. The highest BCUT2D eigenvalue weighted by Crippen LogP contribution is 2.31. The summed E-state index contributed by atoms with van der Waals surface area (Å²) in [6.07, 6.45) is 0.806. The quantitative estimate of drug-likeness (QED) is 0.665. The molecule has 0 N–H and O–H groups in total. The van der Waals surface area contributed by atoms with Crippen molar-refractivity contribution in [1.29, 1.82) is 0 Å². The van der Waals surface area contributed by atoms with Crippen LogP contribution in [0.25, 0.3) is 5.57 Å². The number of alkyl halides is 3. The van der Waals surface area contributed by atoms with Gasteiger partial charge >= 0.3 is 5.51 Å². The van der Waals surface area contributed by atoms with E-state index in [1.807, 2.05) is 19.2 Å². The maximum absolute atomic E-state index is 12.6. The molecule has 0 saturated heterocycles. The number of nitrogens with zero attached hydrogens (tertiary/aromatic N) is 2. The van der Waals surface area contributed by atoms with Gasteiger partial charge in [-0.15, -0.1) is 11.3 Å². The number of carbonyl (C=O) groups excluding carboxylic acids is 1. The molecule has 154 valence electrons. The number of benzene rings is 1. The summed E-state index contributed by atoms with van der Waals surface area (Å²) in [6.45, 7) is 3.86. The predicted molar refractivity (Wildman–Crippen MR) is 105 cm³/mol. The summed E-state index contributed by atoms with van der Waals surface area (Å²) in [5, 5.41) is 2.53. The van der Waals surface area contributed by atoms with Crippen molar-refractivity contribution in [3.8, 4) is 0 Å². The van der Waals surface area contributed by atoms with E-state index < -0.39 is 20.2 Å². The Kier molecular flexibility index (Phi) is 5.77. The lowest BCUT2D eigenvalue weighted by molar-refractivity contribution is -0.117. The van der Waals surface area contributed by atoms with Crippen molar-refractivity contribution in [2.75, 3.05) is 0 Å². The van der Waals surface area contributed by atoms with Crippen LogP contribution in [0.3, 0.4) is 0 Å². The molecule has 2 aromatic rings. The Morgan fingerprint density at radius 2 is 1.79 bits per heavy atom. The Hall–Kier alpha value is -2.33. The van der Waals surface area contributed by atoms with Crippen molar-refractivity contribution in [3.63, 3.8) is 0 Å². The second-order valence-corrected chi connectivity index (χ2v) is 9.58. The number of allylic oxidation sites excluding steroid dienone is 2. The number of aromatic nitrogens is 1. The summed E-state index contributed by atoms with van der Waals surface area (Å²) >= 11 is 1.37. The molecular weight excluding hydrogens is 425 g/mol. The maximum Gasteiger partial charge on any atom is 0.501 e. The predicted octanol–water partition coefficient (Wildman–Crippen LogP) is 4.39. The minimum absolute atomic E-state index is 0.0226. The summed E-state index contributed by atoms with van der Waals surface area (Å²) in [4.78, 5) is 20.3. The molecule has 1 aliphatic heterocycles. The first-order valence-corrected chi connectivity index (χ1v) is 10.9. The van der Waals surface area contributed by atoms with Crippen LogP contribution < -0.4 is 0 Å². The van der Waals surface area contributed by atoms with Gasteiger partial charge in [-0.25, -0.2) is 13.4 Å². The molecule has 0 aliphatic carbocycles. The smallest absolute Gasteiger partial charge is 0.299 e. The molecule has 2 heterocycles. The van der Waals surface area contributed by atoms with Gasteiger partial charge in [-0.05, 0) is 31.5 Å². The van der Waals surface area contributed by atoms with Crippen molar-refractivity contribution < 1.29 is 26.4 Å². The Morgan fingerprint density at radius 1 is 1.14 bits per heavy atom. The zero-order chi connectivity index (χ0) is 21.4. The van der Waals surface area contributed by atoms with Gasteiger partial charge in [0.25, 0.3) is 9.84 Å². The molecule has 10 heteroatoms. The van der Waals surface area contributed by atoms with E-state index in [2.05, 4.69) is 9.98 Å². The van der Waals surface area contributed by atoms with Crippen LogP contribution in [0.1, 0.15) is 36.5 Å². The molecule has 0 amide bonds. The van der Waals surface area contributed by atoms with E-state index in [1.54, 1.807) is 0 Å². The SMILES string of the molecule is CC1=NC(C)=C(c2csc(CC(=O)Cc3ccc(S(=O)(=O)C(F)(F)F)cc3)n2)C1. The molecule has 1 aromatic carbocycles. The summed E-state index contributed by atoms with van der Waals surface area (Å²) in [6, 6.07) is 4.17. The zero-order valence-corrected chi connectivity index (χ0v) is 17.2. The normalized spacial score (nSPS) is 15.0. The van der Waals surface area contributed by atoms with E-state index in [4.69, 9.17) is 0 Å². The van der Waals surface area contributed by atoms with Crippen LogP contribution in [0, 0.1) is 0 Å². The van der Waals surface area contributed by atoms with Crippen molar-refractivity contribution in [2.24, 2.45) is 4.99 Å². The Bertz CT molecular complexity index is 1110. The monoisotopic (exact) mass is 442 g/mol. The number of ketones is 1. The highest BCUT2D eigenvalue weighted by Gasteiger charge is 2.46. The number of hydrogen-bond acceptors (Lipinski definition) is 6. The second kappa shape index (κ2) is 7.83. The van der Waals surface area contributed by atoms with Crippen LogP contribution in [-0.2, 0) is 27.5 Å². The summed E-state index contributed by atoms with van der Waals surface area (Å²) in [5.41, 5.74) is -1.15. The number of rotatable bonds is 6. The summed E-state index contributed by atoms with van der Waals surface area (Å²) in [5.74, 6) is -0.165. The Morgan fingerprint density at radius 3 is 2.34 bits per heavy atom. The highest BCUT2D eigenvalue weighted by atomic mass is 32.2. The van der Waals surface area contributed by atoms with Crippen LogP contribution in [0.5, 0.6) is 0 Å². The fourth-order valence-corrected chi connectivity index (χ4v) is 4.56. The van der Waals surface area contributed by atoms with Crippen LogP contribution in [0.15, 0.2) is 45.2 Å². The van der Waals surface area contributed by atoms with Crippen molar-refractivity contribution in [1.82, 2.24) is 4.98 Å². The molecule has 0 fully saturated rings. The molecule has 0 unspecified atom stereocenters. The third-order valence-electron chi connectivity index (χ3n) is 4.38. The Labute approximate surface area is 169 Å². The van der Waals surface area contributed by atoms with Gasteiger partial charge in [-0.2, -0.15) is 13.2 Å². The van der Waals surface area contributed by atoms with Gasteiger partial charge in [0, 0.05) is 35.2 Å². The number of aliphatic imine (C=N–C) groups is 1. The number of halogens is 3. The van der Waals surface area contributed by atoms with Gasteiger partial charge in [0.2, 0.25) is 0 Å². The van der Waals surface area contributed by atoms with Crippen LogP contribution in [-0.4, -0.2) is 30.4 Å². The maximum atomic E-state index is 12.6. The average molecular weight is 442 g/mol. The van der Waals surface area contributed by atoms with Gasteiger partial charge in [0.1, 0.15) is 10.8 Å². The van der Waals surface area contributed by atoms with Gasteiger partial charge in [-0.1, -0.05) is 12.1 Å². The number of carbonyl (C=O) groups is 1. The molecule has 0 atom stereocenters. The summed E-state index contributed by atoms with van der Waals surface area (Å²) < 4.78 is 60.5. The molecule has 0 spiro atoms.